The number of rotatable bonds is 20. The van der Waals surface area contributed by atoms with Gasteiger partial charge in [0.2, 0.25) is 9.84 Å². The Kier molecular flexibility index (Phi) is 14.3. The molecule has 13 nitrogen and oxygen atoms in total. The molecule has 1 aromatic heterocycles. The lowest BCUT2D eigenvalue weighted by Crippen LogP contribution is -2.64. The topological polar surface area (TPSA) is 151 Å². The fourth-order valence-electron chi connectivity index (χ4n) is 7.74. The summed E-state index contributed by atoms with van der Waals surface area (Å²) in [7, 11) is -3.95. The van der Waals surface area contributed by atoms with E-state index in [1.54, 1.807) is 18.2 Å². The maximum Gasteiger partial charge on any atom is 0.306 e. The Morgan fingerprint density at radius 1 is 0.898 bits per heavy atom. The van der Waals surface area contributed by atoms with Gasteiger partial charge in [-0.25, -0.2) is 13.0 Å². The van der Waals surface area contributed by atoms with E-state index in [4.69, 9.17) is 18.9 Å². The van der Waals surface area contributed by atoms with Crippen LogP contribution in [-0.2, 0) is 33.6 Å². The van der Waals surface area contributed by atoms with Crippen LogP contribution in [-0.4, -0.2) is 112 Å². The summed E-state index contributed by atoms with van der Waals surface area (Å²) >= 11 is 0. The van der Waals surface area contributed by atoms with E-state index < -0.39 is 26.8 Å². The highest BCUT2D eigenvalue weighted by molar-refractivity contribution is 7.91. The number of likely N-dealkylation sites (tertiary alicyclic amines) is 1. The summed E-state index contributed by atoms with van der Waals surface area (Å²) in [5.74, 6) is 0.417. The first-order chi connectivity index (χ1) is 23.9. The number of aromatic nitrogens is 2. The molecule has 272 valence electrons. The van der Waals surface area contributed by atoms with Gasteiger partial charge in [0, 0.05) is 18.6 Å². The molecule has 3 aliphatic heterocycles. The summed E-state index contributed by atoms with van der Waals surface area (Å²) in [5, 5.41) is 6.59. The minimum atomic E-state index is -3.95. The number of hydrogen-bond acceptors (Lipinski definition) is 13. The molecule has 4 atom stereocenters. The highest BCUT2D eigenvalue weighted by Crippen LogP contribution is 2.43. The maximum absolute atomic E-state index is 12.7. The Bertz CT molecular complexity index is 1420. The monoisotopic (exact) mass is 704 g/mol. The number of carbonyl (C=O) groups is 2. The fraction of sp³-hybridized carbons (Fsp3) is 0.714. The average molecular weight is 705 g/mol. The van der Waals surface area contributed by atoms with E-state index in [1.807, 2.05) is 0 Å². The van der Waals surface area contributed by atoms with E-state index in [2.05, 4.69) is 31.7 Å². The third-order valence-corrected chi connectivity index (χ3v) is 11.6. The van der Waals surface area contributed by atoms with E-state index in [9.17, 15) is 18.0 Å². The molecule has 0 bridgehead atoms. The Morgan fingerprint density at radius 2 is 1.63 bits per heavy atom. The van der Waals surface area contributed by atoms with Crippen LogP contribution in [0.25, 0.3) is 0 Å². The lowest BCUT2D eigenvalue weighted by molar-refractivity contribution is -0.151. The third kappa shape index (κ3) is 10.2. The summed E-state index contributed by atoms with van der Waals surface area (Å²) in [6.45, 7) is 7.77. The molecule has 0 radical (unpaired) electrons. The standard InChI is InChI=1S/C35H52N4O9S/c1-2-3-18-39-26-27-11-9-19-38-20-10-14-29(33(27)38)30(39)15-7-8-21-45-31(40)16-17-32(41)46-24-22-44-23-25-47-34-35(37-48-36-34)49(42,43)28-12-5-4-6-13-28/h4-6,12-13,27,29-30,33H,2-3,7-11,14-26H2,1H3/t27-,29+,30?,33-/m1/s1. The van der Waals surface area contributed by atoms with Crippen LogP contribution < -0.4 is 4.74 Å². The van der Waals surface area contributed by atoms with Gasteiger partial charge in [0.1, 0.15) is 13.2 Å². The van der Waals surface area contributed by atoms with E-state index in [1.165, 1.54) is 76.8 Å². The fourth-order valence-corrected chi connectivity index (χ4v) is 8.93. The number of piperidine rings is 3. The molecule has 1 aromatic carbocycles. The van der Waals surface area contributed by atoms with Crippen molar-refractivity contribution < 1.29 is 41.6 Å². The molecule has 14 heteroatoms. The van der Waals surface area contributed by atoms with Gasteiger partial charge in [0.25, 0.3) is 10.9 Å². The molecule has 0 aliphatic carbocycles. The minimum Gasteiger partial charge on any atom is -0.471 e. The number of sulfone groups is 1. The van der Waals surface area contributed by atoms with Crippen molar-refractivity contribution in [2.75, 3.05) is 59.2 Å². The van der Waals surface area contributed by atoms with Crippen LogP contribution in [0, 0.1) is 11.8 Å². The molecule has 49 heavy (non-hydrogen) atoms. The largest absolute Gasteiger partial charge is 0.471 e. The highest BCUT2D eigenvalue weighted by atomic mass is 32.2. The summed E-state index contributed by atoms with van der Waals surface area (Å²) in [6.07, 6.45) is 10.8. The van der Waals surface area contributed by atoms with E-state index in [0.29, 0.717) is 12.6 Å². The second-order valence-electron chi connectivity index (χ2n) is 13.2. The van der Waals surface area contributed by atoms with Crippen molar-refractivity contribution in [3.05, 3.63) is 30.3 Å². The summed E-state index contributed by atoms with van der Waals surface area (Å²) < 4.78 is 51.4. The van der Waals surface area contributed by atoms with E-state index in [0.717, 1.165) is 37.1 Å². The predicted octanol–water partition coefficient (Wildman–Crippen LogP) is 4.31. The van der Waals surface area contributed by atoms with Crippen LogP contribution in [0.15, 0.2) is 44.9 Å². The predicted molar refractivity (Wildman–Crippen MR) is 179 cm³/mol. The molecular formula is C35H52N4O9S. The minimum absolute atomic E-state index is 0.00380. The Balaban J connectivity index is 0.906. The van der Waals surface area contributed by atoms with Crippen LogP contribution in [0.4, 0.5) is 0 Å². The Hall–Kier alpha value is -3.07. The van der Waals surface area contributed by atoms with Gasteiger partial charge in [-0.1, -0.05) is 31.5 Å². The highest BCUT2D eigenvalue weighted by Gasteiger charge is 2.47. The molecule has 0 amide bonds. The first kappa shape index (κ1) is 37.2. The Labute approximate surface area is 289 Å². The first-order valence-electron chi connectivity index (χ1n) is 18.0. The second-order valence-corrected chi connectivity index (χ2v) is 15.1. The molecule has 0 N–H and O–H groups in total. The maximum atomic E-state index is 12.7. The molecule has 2 aromatic rings. The molecule has 4 heterocycles. The third-order valence-electron chi connectivity index (χ3n) is 9.96. The van der Waals surface area contributed by atoms with Gasteiger partial charge in [-0.15, -0.1) is 0 Å². The molecule has 5 rings (SSSR count). The number of ether oxygens (including phenoxy) is 4. The van der Waals surface area contributed by atoms with E-state index in [-0.39, 0.29) is 50.0 Å². The van der Waals surface area contributed by atoms with Crippen molar-refractivity contribution in [3.63, 3.8) is 0 Å². The quantitative estimate of drug-likeness (QED) is 0.142. The van der Waals surface area contributed by atoms with Gasteiger partial charge in [-0.05, 0) is 105 Å². The van der Waals surface area contributed by atoms with Gasteiger partial charge in [0.05, 0.1) is 37.6 Å². The molecule has 3 aliphatic rings. The number of hydrogen-bond donors (Lipinski definition) is 0. The van der Waals surface area contributed by atoms with Gasteiger partial charge in [0.15, 0.2) is 0 Å². The van der Waals surface area contributed by atoms with Gasteiger partial charge in [-0.3, -0.25) is 19.4 Å². The SMILES string of the molecule is CCCCN1C[C@H]2CCCN3CCC[C@@H](C1CCCCOC(=O)CCC(=O)OCCOCCOc1nonc1S(=O)(=O)c1ccccc1)[C@@H]23. The van der Waals surface area contributed by atoms with Crippen LogP contribution in [0.1, 0.15) is 77.6 Å². The zero-order valence-corrected chi connectivity index (χ0v) is 29.5. The number of carbonyl (C=O) groups excluding carboxylic acids is 2. The number of nitrogens with zero attached hydrogens (tertiary/aromatic N) is 4. The van der Waals surface area contributed by atoms with Gasteiger partial charge < -0.3 is 18.9 Å². The molecule has 0 spiro atoms. The van der Waals surface area contributed by atoms with Gasteiger partial charge >= 0.3 is 11.9 Å². The smallest absolute Gasteiger partial charge is 0.306 e. The van der Waals surface area contributed by atoms with Gasteiger partial charge in [-0.2, -0.15) is 0 Å². The first-order valence-corrected chi connectivity index (χ1v) is 19.5. The number of benzene rings is 1. The van der Waals surface area contributed by atoms with Crippen molar-refractivity contribution in [3.8, 4) is 5.88 Å². The second kappa shape index (κ2) is 18.8. The average Bonchev–Trinajstić information content (AvgIpc) is 3.60. The summed E-state index contributed by atoms with van der Waals surface area (Å²) in [4.78, 5) is 30.0. The zero-order valence-electron chi connectivity index (χ0n) is 28.7. The van der Waals surface area contributed by atoms with Crippen LogP contribution in [0.2, 0.25) is 0 Å². The number of unbranched alkanes of at least 4 members (excludes halogenated alkanes) is 2. The summed E-state index contributed by atoms with van der Waals surface area (Å²) in [5.41, 5.74) is 0. The molecule has 1 unspecified atom stereocenters. The zero-order chi connectivity index (χ0) is 34.5. The van der Waals surface area contributed by atoms with Crippen LogP contribution in [0.3, 0.4) is 0 Å². The number of esters is 2. The Morgan fingerprint density at radius 3 is 2.41 bits per heavy atom. The molecule has 0 saturated carbocycles. The normalized spacial score (nSPS) is 22.7. The lowest BCUT2D eigenvalue weighted by atomic mass is 9.69. The molecule has 3 saturated heterocycles. The van der Waals surface area contributed by atoms with Crippen molar-refractivity contribution >= 4 is 21.8 Å². The van der Waals surface area contributed by atoms with Crippen molar-refractivity contribution in [1.29, 1.82) is 0 Å². The van der Waals surface area contributed by atoms with Crippen molar-refractivity contribution in [1.82, 2.24) is 20.1 Å². The molecular weight excluding hydrogens is 652 g/mol. The lowest BCUT2D eigenvalue weighted by Gasteiger charge is -2.57. The van der Waals surface area contributed by atoms with Crippen LogP contribution >= 0.6 is 0 Å². The molecule has 3 fully saturated rings. The van der Waals surface area contributed by atoms with E-state index >= 15 is 0 Å². The van der Waals surface area contributed by atoms with Crippen molar-refractivity contribution in [2.45, 2.75) is 99.6 Å². The van der Waals surface area contributed by atoms with Crippen LogP contribution in [0.5, 0.6) is 5.88 Å². The summed E-state index contributed by atoms with van der Waals surface area (Å²) in [6, 6.07) is 9.15. The van der Waals surface area contributed by atoms with Crippen molar-refractivity contribution in [2.24, 2.45) is 11.8 Å².